The van der Waals surface area contributed by atoms with Crippen LogP contribution < -0.4 is 4.57 Å². The van der Waals surface area contributed by atoms with Crippen molar-refractivity contribution in [1.29, 1.82) is 0 Å². The first-order chi connectivity index (χ1) is 20.8. The molecule has 1 aliphatic rings. The van der Waals surface area contributed by atoms with Gasteiger partial charge in [0.1, 0.15) is 11.4 Å². The largest absolute Gasteiger partial charge is 2.00 e. The maximum Gasteiger partial charge on any atom is 2.00 e. The van der Waals surface area contributed by atoms with E-state index in [1.54, 1.807) is 12.3 Å². The third-order valence-corrected chi connectivity index (χ3v) is 7.82. The van der Waals surface area contributed by atoms with Crippen molar-refractivity contribution in [2.24, 2.45) is 0 Å². The topological polar surface area (TPSA) is 41.9 Å². The summed E-state index contributed by atoms with van der Waals surface area (Å²) in [5.41, 5.74) is 11.6. The number of hydrogen-bond acceptors (Lipinski definition) is 2. The van der Waals surface area contributed by atoms with E-state index in [2.05, 4.69) is 94.7 Å². The molecular weight excluding hydrogens is 710 g/mol. The molecule has 0 atom stereocenters. The summed E-state index contributed by atoms with van der Waals surface area (Å²) in [7, 11) is 0. The van der Waals surface area contributed by atoms with Crippen LogP contribution in [0.5, 0.6) is 5.75 Å². The molecule has 0 unspecified atom stereocenters. The first kappa shape index (κ1) is 26.8. The fourth-order valence-electron chi connectivity index (χ4n) is 5.94. The SMILES string of the molecule is Oc1ccccc1-[n+]1[c-]n2c(c1-c1ccccc1)-c1ccccc1-c1ccccc1-c1ccc(-c3ccccn3)[c-]c1-2.[Pt+2]. The molecule has 0 aliphatic carbocycles. The average Bonchev–Trinajstić information content (AvgIpc) is 3.45. The molecule has 3 heterocycles. The standard InChI is InChI=1S/C38H24N3O.Pt/c42-36-20-9-8-19-34(36)40-25-41-35-24-27(33-18-10-11-23-39-33)21-22-31(35)29-15-5-4-14-28(29)30-16-6-7-17-32(30)38(41)37(40)26-12-2-1-3-13-26;/h1-23,42H;/q-1;+2. The van der Waals surface area contributed by atoms with E-state index >= 15 is 0 Å². The normalized spacial score (nSPS) is 11.2. The number of aromatic nitrogens is 3. The van der Waals surface area contributed by atoms with Crippen LogP contribution in [0.15, 0.2) is 140 Å². The van der Waals surface area contributed by atoms with Crippen molar-refractivity contribution in [3.05, 3.63) is 152 Å². The van der Waals surface area contributed by atoms with Gasteiger partial charge >= 0.3 is 21.1 Å². The minimum Gasteiger partial charge on any atom is -0.511 e. The predicted octanol–water partition coefficient (Wildman–Crippen LogP) is 8.10. The maximum absolute atomic E-state index is 11.1. The van der Waals surface area contributed by atoms with Crippen molar-refractivity contribution < 1.29 is 30.7 Å². The zero-order chi connectivity index (χ0) is 28.0. The van der Waals surface area contributed by atoms with Gasteiger partial charge in [0.15, 0.2) is 0 Å². The van der Waals surface area contributed by atoms with Crippen LogP contribution in [0.2, 0.25) is 0 Å². The second-order valence-corrected chi connectivity index (χ2v) is 10.3. The Kier molecular flexibility index (Phi) is 6.85. The summed E-state index contributed by atoms with van der Waals surface area (Å²) in [5, 5.41) is 11.1. The Morgan fingerprint density at radius 3 is 1.95 bits per heavy atom. The molecule has 0 spiro atoms. The van der Waals surface area contributed by atoms with Crippen molar-refractivity contribution in [3.63, 3.8) is 0 Å². The maximum atomic E-state index is 11.1. The molecule has 4 nitrogen and oxygen atoms in total. The van der Waals surface area contributed by atoms with Gasteiger partial charge in [-0.05, 0) is 51.8 Å². The monoisotopic (exact) mass is 733 g/mol. The molecule has 7 aromatic rings. The van der Waals surface area contributed by atoms with E-state index in [1.165, 1.54) is 0 Å². The summed E-state index contributed by atoms with van der Waals surface area (Å²) in [6, 6.07) is 48.6. The van der Waals surface area contributed by atoms with Gasteiger partial charge in [-0.2, -0.15) is 0 Å². The van der Waals surface area contributed by atoms with Crippen LogP contribution in [0.3, 0.4) is 0 Å². The molecule has 206 valence electrons. The summed E-state index contributed by atoms with van der Waals surface area (Å²) in [5.74, 6) is 0.178. The third-order valence-electron chi connectivity index (χ3n) is 7.82. The Labute approximate surface area is 264 Å². The molecule has 1 aliphatic heterocycles. The number of rotatable bonds is 3. The Hall–Kier alpha value is -5.05. The van der Waals surface area contributed by atoms with Crippen LogP contribution in [0.1, 0.15) is 0 Å². The number of fused-ring (bicyclic) bond motifs is 8. The number of hydrogen-bond donors (Lipinski definition) is 1. The van der Waals surface area contributed by atoms with Gasteiger partial charge in [0.05, 0.1) is 11.4 Å². The van der Waals surface area contributed by atoms with Crippen LogP contribution in [-0.4, -0.2) is 14.7 Å². The first-order valence-corrected chi connectivity index (χ1v) is 13.9. The second-order valence-electron chi connectivity index (χ2n) is 10.3. The van der Waals surface area contributed by atoms with Gasteiger partial charge in [-0.3, -0.25) is 4.57 Å². The van der Waals surface area contributed by atoms with Crippen molar-refractivity contribution >= 4 is 0 Å². The molecule has 0 bridgehead atoms. The predicted molar refractivity (Wildman–Crippen MR) is 165 cm³/mol. The zero-order valence-corrected chi connectivity index (χ0v) is 25.2. The summed E-state index contributed by atoms with van der Waals surface area (Å²) < 4.78 is 4.07. The fourth-order valence-corrected chi connectivity index (χ4v) is 5.94. The summed E-state index contributed by atoms with van der Waals surface area (Å²) in [4.78, 5) is 4.62. The quantitative estimate of drug-likeness (QED) is 0.147. The molecule has 0 saturated heterocycles. The number of phenolic OH excluding ortho intramolecular Hbond substituents is 1. The van der Waals surface area contributed by atoms with Crippen molar-refractivity contribution in [2.45, 2.75) is 0 Å². The molecular formula is C38H24N3OPt+. The molecule has 5 aromatic carbocycles. The van der Waals surface area contributed by atoms with E-state index in [0.717, 1.165) is 61.7 Å². The number of benzene rings is 5. The Balaban J connectivity index is 0.00000300. The van der Waals surface area contributed by atoms with Gasteiger partial charge in [0.2, 0.25) is 0 Å². The minimum absolute atomic E-state index is 0. The van der Waals surface area contributed by atoms with Crippen LogP contribution >= 0.6 is 0 Å². The van der Waals surface area contributed by atoms with Gasteiger partial charge in [-0.15, -0.1) is 23.8 Å². The van der Waals surface area contributed by atoms with Gasteiger partial charge in [0, 0.05) is 6.20 Å². The second kappa shape index (κ2) is 11.0. The van der Waals surface area contributed by atoms with Gasteiger partial charge in [0.25, 0.3) is 6.33 Å². The van der Waals surface area contributed by atoms with Crippen molar-refractivity contribution in [3.8, 4) is 73.2 Å². The van der Waals surface area contributed by atoms with Crippen molar-refractivity contribution in [2.75, 3.05) is 0 Å². The number of pyridine rings is 1. The van der Waals surface area contributed by atoms with E-state index in [-0.39, 0.29) is 26.8 Å². The average molecular weight is 734 g/mol. The molecule has 8 rings (SSSR count). The summed E-state index contributed by atoms with van der Waals surface area (Å²) >= 11 is 0. The zero-order valence-electron chi connectivity index (χ0n) is 22.9. The molecule has 0 saturated carbocycles. The van der Waals surface area contributed by atoms with Crippen LogP contribution in [0.25, 0.3) is 67.4 Å². The summed E-state index contributed by atoms with van der Waals surface area (Å²) in [6.45, 7) is 0. The smallest absolute Gasteiger partial charge is 0.511 e. The Morgan fingerprint density at radius 2 is 1.23 bits per heavy atom. The van der Waals surface area contributed by atoms with E-state index < -0.39 is 0 Å². The van der Waals surface area contributed by atoms with E-state index in [9.17, 15) is 5.11 Å². The molecule has 1 N–H and O–H groups in total. The number of aromatic hydroxyl groups is 1. The van der Waals surface area contributed by atoms with Crippen LogP contribution in [0.4, 0.5) is 0 Å². The first-order valence-electron chi connectivity index (χ1n) is 13.9. The molecule has 5 heteroatoms. The number of phenols is 1. The molecule has 2 aromatic heterocycles. The van der Waals surface area contributed by atoms with E-state index in [0.29, 0.717) is 5.69 Å². The van der Waals surface area contributed by atoms with Gasteiger partial charge in [-0.25, -0.2) is 0 Å². The number of imidazole rings is 1. The minimum atomic E-state index is 0. The molecule has 0 radical (unpaired) electrons. The summed E-state index contributed by atoms with van der Waals surface area (Å²) in [6.07, 6.45) is 5.46. The Morgan fingerprint density at radius 1 is 0.605 bits per heavy atom. The molecule has 0 amide bonds. The van der Waals surface area contributed by atoms with Crippen LogP contribution in [0, 0.1) is 12.4 Å². The molecule has 0 fully saturated rings. The van der Waals surface area contributed by atoms with Gasteiger partial charge in [-0.1, -0.05) is 114 Å². The van der Waals surface area contributed by atoms with E-state index in [4.69, 9.17) is 0 Å². The number of para-hydroxylation sites is 2. The fraction of sp³-hybridized carbons (Fsp3) is 0. The van der Waals surface area contributed by atoms with E-state index in [1.807, 2.05) is 59.2 Å². The Bertz CT molecular complexity index is 2100. The van der Waals surface area contributed by atoms with Gasteiger partial charge < -0.3 is 14.7 Å². The number of nitrogens with zero attached hydrogens (tertiary/aromatic N) is 3. The van der Waals surface area contributed by atoms with Crippen LogP contribution in [-0.2, 0) is 21.1 Å². The van der Waals surface area contributed by atoms with Crippen molar-refractivity contribution in [1.82, 2.24) is 9.55 Å². The molecule has 43 heavy (non-hydrogen) atoms. The third kappa shape index (κ3) is 4.43.